The van der Waals surface area contributed by atoms with Gasteiger partial charge >= 0.3 is 0 Å². The second kappa shape index (κ2) is 8.26. The van der Waals surface area contributed by atoms with Crippen LogP contribution in [0, 0.1) is 13.8 Å². The van der Waals surface area contributed by atoms with Crippen molar-refractivity contribution in [3.05, 3.63) is 59.2 Å². The number of pyridine rings is 2. The summed E-state index contributed by atoms with van der Waals surface area (Å²) >= 11 is 0. The minimum atomic E-state index is -0.548. The summed E-state index contributed by atoms with van der Waals surface area (Å²) in [7, 11) is 0. The molecule has 0 bridgehead atoms. The van der Waals surface area contributed by atoms with Gasteiger partial charge in [-0.15, -0.1) is 0 Å². The van der Waals surface area contributed by atoms with Gasteiger partial charge in [0.2, 0.25) is 0 Å². The van der Waals surface area contributed by atoms with Gasteiger partial charge in [0.1, 0.15) is 0 Å². The summed E-state index contributed by atoms with van der Waals surface area (Å²) in [6.45, 7) is 5.14. The Labute approximate surface area is 158 Å². The number of carbonyl (C=O) groups excluding carboxylic acids is 2. The molecule has 0 aromatic carbocycles. The molecule has 1 aliphatic rings. The SMILES string of the molecule is Cc1ccc(C(=O)NCC2(NC(=O)c3ccc(C)nc3)CCOCC2)cn1. The zero-order chi connectivity index (χ0) is 19.3. The Morgan fingerprint density at radius 3 is 2.04 bits per heavy atom. The molecular weight excluding hydrogens is 344 g/mol. The lowest BCUT2D eigenvalue weighted by molar-refractivity contribution is 0.0352. The Hall–Kier alpha value is -2.80. The molecule has 142 valence electrons. The second-order valence-corrected chi connectivity index (χ2v) is 6.91. The third kappa shape index (κ3) is 4.89. The van der Waals surface area contributed by atoms with Gasteiger partial charge in [-0.3, -0.25) is 19.6 Å². The Balaban J connectivity index is 1.68. The summed E-state index contributed by atoms with van der Waals surface area (Å²) in [5.41, 5.74) is 2.16. The number of aromatic nitrogens is 2. The lowest BCUT2D eigenvalue weighted by Crippen LogP contribution is -2.58. The number of hydrogen-bond acceptors (Lipinski definition) is 5. The van der Waals surface area contributed by atoms with Gasteiger partial charge in [0.15, 0.2) is 0 Å². The summed E-state index contributed by atoms with van der Waals surface area (Å²) in [5.74, 6) is -0.407. The van der Waals surface area contributed by atoms with E-state index in [0.29, 0.717) is 43.7 Å². The van der Waals surface area contributed by atoms with Crippen LogP contribution in [0.15, 0.2) is 36.7 Å². The fourth-order valence-corrected chi connectivity index (χ4v) is 2.98. The summed E-state index contributed by atoms with van der Waals surface area (Å²) in [4.78, 5) is 33.4. The van der Waals surface area contributed by atoms with E-state index in [1.54, 1.807) is 36.7 Å². The molecule has 0 saturated carbocycles. The van der Waals surface area contributed by atoms with Crippen molar-refractivity contribution in [2.45, 2.75) is 32.2 Å². The normalized spacial score (nSPS) is 15.8. The van der Waals surface area contributed by atoms with Crippen molar-refractivity contribution in [2.24, 2.45) is 0 Å². The second-order valence-electron chi connectivity index (χ2n) is 6.91. The van der Waals surface area contributed by atoms with Gasteiger partial charge in [-0.2, -0.15) is 0 Å². The maximum absolute atomic E-state index is 12.7. The number of amides is 2. The molecule has 2 aromatic rings. The Kier molecular flexibility index (Phi) is 5.81. The maximum Gasteiger partial charge on any atom is 0.253 e. The van der Waals surface area contributed by atoms with E-state index >= 15 is 0 Å². The number of aryl methyl sites for hydroxylation is 2. The standard InChI is InChI=1S/C20H24N4O3/c1-14-3-5-16(11-21-14)18(25)23-13-20(7-9-27-10-8-20)24-19(26)17-6-4-15(2)22-12-17/h3-6,11-12H,7-10,13H2,1-2H3,(H,23,25)(H,24,26). The number of carbonyl (C=O) groups is 2. The third-order valence-electron chi connectivity index (χ3n) is 4.76. The predicted molar refractivity (Wildman–Crippen MR) is 101 cm³/mol. The highest BCUT2D eigenvalue weighted by molar-refractivity contribution is 5.95. The number of hydrogen-bond donors (Lipinski definition) is 2. The first-order chi connectivity index (χ1) is 13.0. The largest absolute Gasteiger partial charge is 0.381 e. The van der Waals surface area contributed by atoms with Gasteiger partial charge in [0.25, 0.3) is 11.8 Å². The van der Waals surface area contributed by atoms with Crippen molar-refractivity contribution < 1.29 is 14.3 Å². The summed E-state index contributed by atoms with van der Waals surface area (Å²) in [6.07, 6.45) is 4.38. The molecule has 3 rings (SSSR count). The van der Waals surface area contributed by atoms with E-state index in [0.717, 1.165) is 11.4 Å². The maximum atomic E-state index is 12.7. The molecule has 0 spiro atoms. The van der Waals surface area contributed by atoms with E-state index < -0.39 is 5.54 Å². The van der Waals surface area contributed by atoms with Crippen LogP contribution in [0.25, 0.3) is 0 Å². The van der Waals surface area contributed by atoms with Gasteiger partial charge in [-0.05, 0) is 51.0 Å². The summed E-state index contributed by atoms with van der Waals surface area (Å²) in [6, 6.07) is 7.09. The molecule has 2 amide bonds. The van der Waals surface area contributed by atoms with Gasteiger partial charge < -0.3 is 15.4 Å². The molecule has 0 unspecified atom stereocenters. The fraction of sp³-hybridized carbons (Fsp3) is 0.400. The highest BCUT2D eigenvalue weighted by Crippen LogP contribution is 2.21. The minimum Gasteiger partial charge on any atom is -0.381 e. The average Bonchev–Trinajstić information content (AvgIpc) is 2.68. The van der Waals surface area contributed by atoms with Crippen LogP contribution in [0.3, 0.4) is 0 Å². The van der Waals surface area contributed by atoms with Crippen LogP contribution in [0.4, 0.5) is 0 Å². The van der Waals surface area contributed by atoms with Gasteiger partial charge in [0, 0.05) is 43.5 Å². The Bertz CT molecular complexity index is 797. The molecule has 2 N–H and O–H groups in total. The van der Waals surface area contributed by atoms with Crippen LogP contribution in [0.2, 0.25) is 0 Å². The molecule has 2 aromatic heterocycles. The Morgan fingerprint density at radius 1 is 0.963 bits per heavy atom. The van der Waals surface area contributed by atoms with E-state index in [1.165, 1.54) is 0 Å². The van der Waals surface area contributed by atoms with Crippen LogP contribution in [0.1, 0.15) is 44.9 Å². The molecular formula is C20H24N4O3. The lowest BCUT2D eigenvalue weighted by Gasteiger charge is -2.38. The number of nitrogens with zero attached hydrogens (tertiary/aromatic N) is 2. The van der Waals surface area contributed by atoms with Crippen molar-refractivity contribution in [3.8, 4) is 0 Å². The Morgan fingerprint density at radius 2 is 1.52 bits per heavy atom. The zero-order valence-corrected chi connectivity index (χ0v) is 15.6. The topological polar surface area (TPSA) is 93.2 Å². The highest BCUT2D eigenvalue weighted by atomic mass is 16.5. The number of ether oxygens (including phenoxy) is 1. The van der Waals surface area contributed by atoms with Crippen LogP contribution < -0.4 is 10.6 Å². The van der Waals surface area contributed by atoms with Crippen LogP contribution >= 0.6 is 0 Å². The molecule has 1 aliphatic heterocycles. The van der Waals surface area contributed by atoms with E-state index in [-0.39, 0.29) is 11.8 Å². The highest BCUT2D eigenvalue weighted by Gasteiger charge is 2.35. The fourth-order valence-electron chi connectivity index (χ4n) is 2.98. The van der Waals surface area contributed by atoms with Gasteiger partial charge in [-0.25, -0.2) is 0 Å². The smallest absolute Gasteiger partial charge is 0.253 e. The van der Waals surface area contributed by atoms with Crippen LogP contribution in [-0.4, -0.2) is 47.1 Å². The van der Waals surface area contributed by atoms with Crippen LogP contribution in [0.5, 0.6) is 0 Å². The van der Waals surface area contributed by atoms with Gasteiger partial charge in [0.05, 0.1) is 16.7 Å². The molecule has 1 fully saturated rings. The van der Waals surface area contributed by atoms with E-state index in [1.807, 2.05) is 13.8 Å². The summed E-state index contributed by atoms with van der Waals surface area (Å²) in [5, 5.41) is 6.02. The van der Waals surface area contributed by atoms with Crippen molar-refractivity contribution >= 4 is 11.8 Å². The monoisotopic (exact) mass is 368 g/mol. The lowest BCUT2D eigenvalue weighted by atomic mass is 9.89. The molecule has 27 heavy (non-hydrogen) atoms. The summed E-state index contributed by atoms with van der Waals surface area (Å²) < 4.78 is 5.45. The minimum absolute atomic E-state index is 0.198. The van der Waals surface area contributed by atoms with Crippen molar-refractivity contribution in [2.75, 3.05) is 19.8 Å². The quantitative estimate of drug-likeness (QED) is 0.839. The first kappa shape index (κ1) is 19.0. The van der Waals surface area contributed by atoms with E-state index in [4.69, 9.17) is 4.74 Å². The molecule has 0 atom stereocenters. The average molecular weight is 368 g/mol. The van der Waals surface area contributed by atoms with Gasteiger partial charge in [-0.1, -0.05) is 0 Å². The van der Waals surface area contributed by atoms with Crippen molar-refractivity contribution in [1.82, 2.24) is 20.6 Å². The first-order valence-corrected chi connectivity index (χ1v) is 9.01. The van der Waals surface area contributed by atoms with Crippen LogP contribution in [-0.2, 0) is 4.74 Å². The molecule has 0 radical (unpaired) electrons. The first-order valence-electron chi connectivity index (χ1n) is 9.01. The van der Waals surface area contributed by atoms with Crippen molar-refractivity contribution in [1.29, 1.82) is 0 Å². The van der Waals surface area contributed by atoms with E-state index in [2.05, 4.69) is 20.6 Å². The third-order valence-corrected chi connectivity index (χ3v) is 4.76. The molecule has 0 aliphatic carbocycles. The number of nitrogens with one attached hydrogen (secondary N) is 2. The molecule has 7 heteroatoms. The van der Waals surface area contributed by atoms with E-state index in [9.17, 15) is 9.59 Å². The molecule has 7 nitrogen and oxygen atoms in total. The molecule has 1 saturated heterocycles. The van der Waals surface area contributed by atoms with Crippen molar-refractivity contribution in [3.63, 3.8) is 0 Å². The zero-order valence-electron chi connectivity index (χ0n) is 15.6. The number of rotatable bonds is 5. The predicted octanol–water partition coefficient (Wildman–Crippen LogP) is 1.80. The molecule has 3 heterocycles.